The van der Waals surface area contributed by atoms with E-state index in [1.54, 1.807) is 0 Å². The van der Waals surface area contributed by atoms with E-state index < -0.39 is 0 Å². The van der Waals surface area contributed by atoms with Crippen LogP contribution < -0.4 is 5.32 Å². The Labute approximate surface area is 113 Å². The number of nitrogens with one attached hydrogen (secondary N) is 1. The van der Waals surface area contributed by atoms with Crippen LogP contribution in [0.2, 0.25) is 0 Å². The van der Waals surface area contributed by atoms with Gasteiger partial charge >= 0.3 is 0 Å². The normalized spacial score (nSPS) is 16.7. The molecular formula is C16H19NS. The third-order valence-electron chi connectivity index (χ3n) is 3.61. The van der Waals surface area contributed by atoms with Crippen LogP contribution in [0.15, 0.2) is 41.8 Å². The van der Waals surface area contributed by atoms with Crippen molar-refractivity contribution in [3.05, 3.63) is 57.8 Å². The fourth-order valence-corrected chi connectivity index (χ4v) is 3.04. The molecule has 1 aromatic carbocycles. The lowest BCUT2D eigenvalue weighted by atomic mass is 10.0. The van der Waals surface area contributed by atoms with Gasteiger partial charge in [0.15, 0.2) is 0 Å². The SMILES string of the molecule is Cc1ccc(C(NCc2cccs2)C2CC2)cc1. The van der Waals surface area contributed by atoms with Gasteiger partial charge in [0.25, 0.3) is 0 Å². The Morgan fingerprint density at radius 1 is 1.22 bits per heavy atom. The van der Waals surface area contributed by atoms with Gasteiger partial charge < -0.3 is 5.32 Å². The van der Waals surface area contributed by atoms with Crippen LogP contribution in [0.5, 0.6) is 0 Å². The second-order valence-corrected chi connectivity index (χ2v) is 6.22. The van der Waals surface area contributed by atoms with Gasteiger partial charge in [-0.15, -0.1) is 11.3 Å². The van der Waals surface area contributed by atoms with Gasteiger partial charge in [-0.25, -0.2) is 0 Å². The third-order valence-corrected chi connectivity index (χ3v) is 4.48. The van der Waals surface area contributed by atoms with Crippen molar-refractivity contribution in [2.75, 3.05) is 0 Å². The Hall–Kier alpha value is -1.12. The smallest absolute Gasteiger partial charge is 0.0351 e. The molecule has 1 nitrogen and oxygen atoms in total. The summed E-state index contributed by atoms with van der Waals surface area (Å²) >= 11 is 1.83. The zero-order valence-corrected chi connectivity index (χ0v) is 11.5. The van der Waals surface area contributed by atoms with E-state index in [1.165, 1.54) is 28.8 Å². The summed E-state index contributed by atoms with van der Waals surface area (Å²) in [5.41, 5.74) is 2.78. The molecule has 1 N–H and O–H groups in total. The lowest BCUT2D eigenvalue weighted by Gasteiger charge is -2.18. The number of aryl methyl sites for hydroxylation is 1. The Balaban J connectivity index is 1.70. The van der Waals surface area contributed by atoms with Crippen molar-refractivity contribution in [2.45, 2.75) is 32.4 Å². The Kier molecular flexibility index (Phi) is 3.48. The summed E-state index contributed by atoms with van der Waals surface area (Å²) in [7, 11) is 0. The molecule has 0 saturated heterocycles. The van der Waals surface area contributed by atoms with Gasteiger partial charge in [-0.05, 0) is 42.7 Å². The summed E-state index contributed by atoms with van der Waals surface area (Å²) in [6, 6.07) is 13.9. The molecule has 0 aliphatic heterocycles. The van der Waals surface area contributed by atoms with Crippen LogP contribution in [0, 0.1) is 12.8 Å². The average Bonchev–Trinajstić information content (AvgIpc) is 3.08. The zero-order chi connectivity index (χ0) is 12.4. The van der Waals surface area contributed by atoms with Crippen molar-refractivity contribution >= 4 is 11.3 Å². The largest absolute Gasteiger partial charge is 0.305 e. The number of rotatable bonds is 5. The minimum absolute atomic E-state index is 0.535. The fourth-order valence-electron chi connectivity index (χ4n) is 2.38. The highest BCUT2D eigenvalue weighted by atomic mass is 32.1. The highest BCUT2D eigenvalue weighted by Crippen LogP contribution is 2.41. The molecule has 1 aliphatic rings. The first-order valence-corrected chi connectivity index (χ1v) is 7.53. The quantitative estimate of drug-likeness (QED) is 0.842. The van der Waals surface area contributed by atoms with Gasteiger partial charge in [-0.3, -0.25) is 0 Å². The predicted octanol–water partition coefficient (Wildman–Crippen LogP) is 4.30. The van der Waals surface area contributed by atoms with E-state index in [0.717, 1.165) is 12.5 Å². The van der Waals surface area contributed by atoms with E-state index in [9.17, 15) is 0 Å². The van der Waals surface area contributed by atoms with Crippen molar-refractivity contribution in [1.29, 1.82) is 0 Å². The summed E-state index contributed by atoms with van der Waals surface area (Å²) in [5.74, 6) is 0.840. The fraction of sp³-hybridized carbons (Fsp3) is 0.375. The Bertz CT molecular complexity index is 482. The molecule has 3 rings (SSSR count). The molecule has 1 atom stereocenters. The molecule has 1 unspecified atom stereocenters. The number of thiophene rings is 1. The zero-order valence-electron chi connectivity index (χ0n) is 10.7. The van der Waals surface area contributed by atoms with E-state index in [2.05, 4.69) is 54.0 Å². The molecule has 0 radical (unpaired) electrons. The van der Waals surface area contributed by atoms with Gasteiger partial charge in [0.2, 0.25) is 0 Å². The molecule has 1 aliphatic carbocycles. The van der Waals surface area contributed by atoms with E-state index in [-0.39, 0.29) is 0 Å². The second kappa shape index (κ2) is 5.25. The van der Waals surface area contributed by atoms with Gasteiger partial charge in [-0.2, -0.15) is 0 Å². The van der Waals surface area contributed by atoms with Crippen LogP contribution in [0.1, 0.15) is 34.9 Å². The number of hydrogen-bond donors (Lipinski definition) is 1. The van der Waals surface area contributed by atoms with Crippen LogP contribution >= 0.6 is 11.3 Å². The monoisotopic (exact) mass is 257 g/mol. The van der Waals surface area contributed by atoms with Gasteiger partial charge in [0, 0.05) is 17.5 Å². The maximum Gasteiger partial charge on any atom is 0.0351 e. The summed E-state index contributed by atoms with van der Waals surface area (Å²) < 4.78 is 0. The van der Waals surface area contributed by atoms with E-state index in [0.29, 0.717) is 6.04 Å². The van der Waals surface area contributed by atoms with Gasteiger partial charge in [0.05, 0.1) is 0 Å². The van der Waals surface area contributed by atoms with Crippen molar-refractivity contribution < 1.29 is 0 Å². The maximum atomic E-state index is 3.73. The van der Waals surface area contributed by atoms with E-state index in [4.69, 9.17) is 0 Å². The molecule has 1 heterocycles. The van der Waals surface area contributed by atoms with Crippen molar-refractivity contribution in [1.82, 2.24) is 5.32 Å². The summed E-state index contributed by atoms with van der Waals surface area (Å²) in [6.07, 6.45) is 2.74. The topological polar surface area (TPSA) is 12.0 Å². The summed E-state index contributed by atoms with van der Waals surface area (Å²) in [5, 5.41) is 5.88. The van der Waals surface area contributed by atoms with Crippen molar-refractivity contribution in [3.8, 4) is 0 Å². The molecule has 2 aromatic rings. The lowest BCUT2D eigenvalue weighted by molar-refractivity contribution is 0.482. The molecule has 94 valence electrons. The first-order chi connectivity index (χ1) is 8.83. The minimum Gasteiger partial charge on any atom is -0.305 e. The Morgan fingerprint density at radius 3 is 2.61 bits per heavy atom. The molecule has 1 fully saturated rings. The highest BCUT2D eigenvalue weighted by Gasteiger charge is 2.31. The molecular weight excluding hydrogens is 238 g/mol. The van der Waals surface area contributed by atoms with Crippen LogP contribution in [-0.4, -0.2) is 0 Å². The molecule has 1 aromatic heterocycles. The lowest BCUT2D eigenvalue weighted by Crippen LogP contribution is -2.22. The standard InChI is InChI=1S/C16H19NS/c1-12-4-6-13(7-5-12)16(14-8-9-14)17-11-15-3-2-10-18-15/h2-7,10,14,16-17H,8-9,11H2,1H3. The van der Waals surface area contributed by atoms with Gasteiger partial charge in [0.1, 0.15) is 0 Å². The minimum atomic E-state index is 0.535. The second-order valence-electron chi connectivity index (χ2n) is 5.19. The molecule has 0 bridgehead atoms. The first-order valence-electron chi connectivity index (χ1n) is 6.65. The maximum absolute atomic E-state index is 3.73. The van der Waals surface area contributed by atoms with Crippen LogP contribution in [0.3, 0.4) is 0 Å². The van der Waals surface area contributed by atoms with Gasteiger partial charge in [-0.1, -0.05) is 35.9 Å². The van der Waals surface area contributed by atoms with E-state index >= 15 is 0 Å². The summed E-state index contributed by atoms with van der Waals surface area (Å²) in [6.45, 7) is 3.14. The molecule has 1 saturated carbocycles. The average molecular weight is 257 g/mol. The predicted molar refractivity (Wildman–Crippen MR) is 77.8 cm³/mol. The van der Waals surface area contributed by atoms with Crippen LogP contribution in [0.4, 0.5) is 0 Å². The number of hydrogen-bond acceptors (Lipinski definition) is 2. The first kappa shape index (κ1) is 11.9. The number of benzene rings is 1. The third kappa shape index (κ3) is 2.82. The van der Waals surface area contributed by atoms with E-state index in [1.807, 2.05) is 11.3 Å². The molecule has 0 amide bonds. The van der Waals surface area contributed by atoms with Crippen LogP contribution in [0.25, 0.3) is 0 Å². The van der Waals surface area contributed by atoms with Crippen molar-refractivity contribution in [2.24, 2.45) is 5.92 Å². The molecule has 2 heteroatoms. The van der Waals surface area contributed by atoms with Crippen molar-refractivity contribution in [3.63, 3.8) is 0 Å². The summed E-state index contributed by atoms with van der Waals surface area (Å²) in [4.78, 5) is 1.42. The Morgan fingerprint density at radius 2 is 2.00 bits per heavy atom. The molecule has 0 spiro atoms. The highest BCUT2D eigenvalue weighted by molar-refractivity contribution is 7.09. The molecule has 18 heavy (non-hydrogen) atoms. The van der Waals surface area contributed by atoms with Crippen LogP contribution in [-0.2, 0) is 6.54 Å².